The molecular formula is C14H23N3O. The summed E-state index contributed by atoms with van der Waals surface area (Å²) in [5, 5.41) is 0. The molecule has 1 fully saturated rings. The maximum atomic E-state index is 5.69. The zero-order valence-corrected chi connectivity index (χ0v) is 11.6. The van der Waals surface area contributed by atoms with Crippen molar-refractivity contribution in [2.75, 3.05) is 24.6 Å². The molecule has 4 heteroatoms. The van der Waals surface area contributed by atoms with Gasteiger partial charge in [0.05, 0.1) is 24.2 Å². The Morgan fingerprint density at radius 3 is 2.50 bits per heavy atom. The van der Waals surface area contributed by atoms with Gasteiger partial charge in [0, 0.05) is 19.7 Å². The summed E-state index contributed by atoms with van der Waals surface area (Å²) in [4.78, 5) is 10.9. The summed E-state index contributed by atoms with van der Waals surface area (Å²) in [7, 11) is 0. The number of ether oxygens (including phenoxy) is 1. The highest BCUT2D eigenvalue weighted by Crippen LogP contribution is 2.25. The lowest BCUT2D eigenvalue weighted by Crippen LogP contribution is -2.38. The quantitative estimate of drug-likeness (QED) is 0.821. The standard InChI is InChI=1S/C14H23N3O/c1-4-18-11(2)13-5-7-17(8-6-13)14-9-15-12(3)16-10-14/h9-11,13H,4-8H2,1-3H3. The van der Waals surface area contributed by atoms with E-state index in [1.807, 2.05) is 19.3 Å². The number of piperidine rings is 1. The molecule has 2 heterocycles. The third kappa shape index (κ3) is 3.19. The maximum Gasteiger partial charge on any atom is 0.125 e. The van der Waals surface area contributed by atoms with Gasteiger partial charge in [-0.15, -0.1) is 0 Å². The molecule has 4 nitrogen and oxygen atoms in total. The van der Waals surface area contributed by atoms with Crippen molar-refractivity contribution in [2.45, 2.75) is 39.7 Å². The van der Waals surface area contributed by atoms with E-state index in [2.05, 4.69) is 28.7 Å². The molecule has 0 bridgehead atoms. The van der Waals surface area contributed by atoms with Crippen molar-refractivity contribution in [3.05, 3.63) is 18.2 Å². The summed E-state index contributed by atoms with van der Waals surface area (Å²) in [6.45, 7) is 9.14. The molecule has 100 valence electrons. The molecule has 1 aliphatic rings. The third-order valence-corrected chi connectivity index (χ3v) is 3.77. The maximum absolute atomic E-state index is 5.69. The number of anilines is 1. The second kappa shape index (κ2) is 6.14. The van der Waals surface area contributed by atoms with Crippen LogP contribution in [0.2, 0.25) is 0 Å². The Hall–Kier alpha value is -1.16. The van der Waals surface area contributed by atoms with Crippen molar-refractivity contribution in [3.63, 3.8) is 0 Å². The molecule has 0 N–H and O–H groups in total. The van der Waals surface area contributed by atoms with Gasteiger partial charge in [-0.1, -0.05) is 0 Å². The van der Waals surface area contributed by atoms with Crippen molar-refractivity contribution >= 4 is 5.69 Å². The molecule has 1 atom stereocenters. The molecule has 1 unspecified atom stereocenters. The van der Waals surface area contributed by atoms with Gasteiger partial charge in [-0.05, 0) is 39.5 Å². The van der Waals surface area contributed by atoms with E-state index in [0.717, 1.165) is 31.2 Å². The Morgan fingerprint density at radius 1 is 1.33 bits per heavy atom. The van der Waals surface area contributed by atoms with Crippen LogP contribution in [0.25, 0.3) is 0 Å². The lowest BCUT2D eigenvalue weighted by atomic mass is 9.92. The molecule has 1 aliphatic heterocycles. The van der Waals surface area contributed by atoms with Crippen LogP contribution in [0.5, 0.6) is 0 Å². The van der Waals surface area contributed by atoms with Crippen LogP contribution in [-0.4, -0.2) is 35.8 Å². The van der Waals surface area contributed by atoms with E-state index in [1.165, 1.54) is 12.8 Å². The largest absolute Gasteiger partial charge is 0.379 e. The van der Waals surface area contributed by atoms with Gasteiger partial charge in [0.15, 0.2) is 0 Å². The number of rotatable bonds is 4. The fourth-order valence-electron chi connectivity index (χ4n) is 2.58. The van der Waals surface area contributed by atoms with Crippen LogP contribution in [-0.2, 0) is 4.74 Å². The Labute approximate surface area is 109 Å². The lowest BCUT2D eigenvalue weighted by Gasteiger charge is -2.35. The minimum atomic E-state index is 0.381. The Kier molecular flexibility index (Phi) is 4.53. The van der Waals surface area contributed by atoms with Crippen LogP contribution in [0, 0.1) is 12.8 Å². The summed E-state index contributed by atoms with van der Waals surface area (Å²) in [6.07, 6.45) is 6.61. The fraction of sp³-hybridized carbons (Fsp3) is 0.714. The molecule has 0 radical (unpaired) electrons. The van der Waals surface area contributed by atoms with E-state index in [4.69, 9.17) is 4.74 Å². The van der Waals surface area contributed by atoms with E-state index in [1.54, 1.807) is 0 Å². The van der Waals surface area contributed by atoms with Crippen LogP contribution < -0.4 is 4.90 Å². The van der Waals surface area contributed by atoms with Crippen LogP contribution in [0.4, 0.5) is 5.69 Å². The van der Waals surface area contributed by atoms with Gasteiger partial charge in [0.1, 0.15) is 5.82 Å². The Morgan fingerprint density at radius 2 is 1.94 bits per heavy atom. The molecular weight excluding hydrogens is 226 g/mol. The second-order valence-corrected chi connectivity index (χ2v) is 4.97. The number of aryl methyl sites for hydroxylation is 1. The Balaban J connectivity index is 1.88. The normalized spacial score (nSPS) is 18.9. The van der Waals surface area contributed by atoms with Crippen molar-refractivity contribution in [1.82, 2.24) is 9.97 Å². The second-order valence-electron chi connectivity index (χ2n) is 4.97. The van der Waals surface area contributed by atoms with Gasteiger partial charge in [-0.3, -0.25) is 0 Å². The van der Waals surface area contributed by atoms with E-state index >= 15 is 0 Å². The molecule has 18 heavy (non-hydrogen) atoms. The minimum Gasteiger partial charge on any atom is -0.379 e. The third-order valence-electron chi connectivity index (χ3n) is 3.77. The number of hydrogen-bond donors (Lipinski definition) is 0. The van der Waals surface area contributed by atoms with Gasteiger partial charge in [0.25, 0.3) is 0 Å². The molecule has 0 aromatic carbocycles. The van der Waals surface area contributed by atoms with Crippen LogP contribution in [0.15, 0.2) is 12.4 Å². The van der Waals surface area contributed by atoms with E-state index in [-0.39, 0.29) is 0 Å². The highest BCUT2D eigenvalue weighted by molar-refractivity contribution is 5.42. The van der Waals surface area contributed by atoms with Gasteiger partial charge in [-0.2, -0.15) is 0 Å². The summed E-state index contributed by atoms with van der Waals surface area (Å²) in [6, 6.07) is 0. The van der Waals surface area contributed by atoms with Crippen LogP contribution >= 0.6 is 0 Å². The monoisotopic (exact) mass is 249 g/mol. The fourth-order valence-corrected chi connectivity index (χ4v) is 2.58. The minimum absolute atomic E-state index is 0.381. The van der Waals surface area contributed by atoms with Gasteiger partial charge < -0.3 is 9.64 Å². The van der Waals surface area contributed by atoms with Crippen molar-refractivity contribution in [1.29, 1.82) is 0 Å². The van der Waals surface area contributed by atoms with E-state index < -0.39 is 0 Å². The summed E-state index contributed by atoms with van der Waals surface area (Å²) >= 11 is 0. The molecule has 1 aromatic rings. The molecule has 0 saturated carbocycles. The molecule has 0 amide bonds. The first-order valence-corrected chi connectivity index (χ1v) is 6.86. The average Bonchev–Trinajstić information content (AvgIpc) is 2.40. The molecule has 0 aliphatic carbocycles. The molecule has 2 rings (SSSR count). The predicted octanol–water partition coefficient (Wildman–Crippen LogP) is 2.43. The molecule has 0 spiro atoms. The highest BCUT2D eigenvalue weighted by atomic mass is 16.5. The van der Waals surface area contributed by atoms with E-state index in [9.17, 15) is 0 Å². The SMILES string of the molecule is CCOC(C)C1CCN(c2cnc(C)nc2)CC1. The van der Waals surface area contributed by atoms with E-state index in [0.29, 0.717) is 12.0 Å². The van der Waals surface area contributed by atoms with Gasteiger partial charge in [-0.25, -0.2) is 9.97 Å². The average molecular weight is 249 g/mol. The van der Waals surface area contributed by atoms with Crippen LogP contribution in [0.3, 0.4) is 0 Å². The van der Waals surface area contributed by atoms with Gasteiger partial charge >= 0.3 is 0 Å². The van der Waals surface area contributed by atoms with Crippen molar-refractivity contribution < 1.29 is 4.74 Å². The predicted molar refractivity (Wildman–Crippen MR) is 72.8 cm³/mol. The summed E-state index contributed by atoms with van der Waals surface area (Å²) in [5.74, 6) is 1.52. The van der Waals surface area contributed by atoms with Crippen molar-refractivity contribution in [2.24, 2.45) is 5.92 Å². The number of nitrogens with zero attached hydrogens (tertiary/aromatic N) is 3. The highest BCUT2D eigenvalue weighted by Gasteiger charge is 2.24. The van der Waals surface area contributed by atoms with Crippen molar-refractivity contribution in [3.8, 4) is 0 Å². The van der Waals surface area contributed by atoms with Gasteiger partial charge in [0.2, 0.25) is 0 Å². The number of hydrogen-bond acceptors (Lipinski definition) is 4. The van der Waals surface area contributed by atoms with Crippen LogP contribution in [0.1, 0.15) is 32.5 Å². The summed E-state index contributed by atoms with van der Waals surface area (Å²) < 4.78 is 5.69. The number of aromatic nitrogens is 2. The first-order valence-electron chi connectivity index (χ1n) is 6.86. The smallest absolute Gasteiger partial charge is 0.125 e. The summed E-state index contributed by atoms with van der Waals surface area (Å²) in [5.41, 5.74) is 1.14. The molecule has 1 aromatic heterocycles. The Bertz CT molecular complexity index is 358. The topological polar surface area (TPSA) is 38.2 Å². The first-order chi connectivity index (χ1) is 8.70. The zero-order valence-electron chi connectivity index (χ0n) is 11.6. The zero-order chi connectivity index (χ0) is 13.0. The first kappa shape index (κ1) is 13.3. The lowest BCUT2D eigenvalue weighted by molar-refractivity contribution is 0.0248. The molecule has 1 saturated heterocycles.